The maximum Gasteiger partial charge on any atom is 0.404 e. The van der Waals surface area contributed by atoms with Crippen LogP contribution in [0, 0.1) is 0 Å². The van der Waals surface area contributed by atoms with Gasteiger partial charge in [0.15, 0.2) is 0 Å². The van der Waals surface area contributed by atoms with E-state index in [9.17, 15) is 4.79 Å². The molecule has 0 fully saturated rings. The maximum atomic E-state index is 10.4. The SMILES string of the molecule is C[C@H](NC(=O)O)[C@@H](N)c1ccccc1. The van der Waals surface area contributed by atoms with Gasteiger partial charge in [-0.3, -0.25) is 0 Å². The zero-order valence-corrected chi connectivity index (χ0v) is 7.97. The van der Waals surface area contributed by atoms with Gasteiger partial charge in [-0.1, -0.05) is 30.3 Å². The number of benzene rings is 1. The van der Waals surface area contributed by atoms with Crippen LogP contribution in [-0.4, -0.2) is 17.2 Å². The van der Waals surface area contributed by atoms with Crippen molar-refractivity contribution >= 4 is 6.09 Å². The number of nitrogens with one attached hydrogen (secondary N) is 1. The molecule has 0 heterocycles. The molecule has 4 heteroatoms. The van der Waals surface area contributed by atoms with Gasteiger partial charge in [-0.25, -0.2) is 4.79 Å². The van der Waals surface area contributed by atoms with E-state index < -0.39 is 6.09 Å². The number of carbonyl (C=O) groups is 1. The minimum atomic E-state index is -1.05. The first kappa shape index (κ1) is 10.5. The first-order valence-electron chi connectivity index (χ1n) is 4.41. The lowest BCUT2D eigenvalue weighted by Crippen LogP contribution is -2.39. The number of nitrogens with two attached hydrogens (primary N) is 1. The van der Waals surface area contributed by atoms with Crippen molar-refractivity contribution in [3.63, 3.8) is 0 Å². The van der Waals surface area contributed by atoms with E-state index in [4.69, 9.17) is 10.8 Å². The molecule has 0 aliphatic heterocycles. The molecular formula is C10H14N2O2. The summed E-state index contributed by atoms with van der Waals surface area (Å²) in [6, 6.07) is 8.80. The van der Waals surface area contributed by atoms with Crippen LogP contribution in [0.1, 0.15) is 18.5 Å². The fourth-order valence-electron chi connectivity index (χ4n) is 1.25. The van der Waals surface area contributed by atoms with E-state index in [1.165, 1.54) is 0 Å². The van der Waals surface area contributed by atoms with Crippen LogP contribution in [0.3, 0.4) is 0 Å². The molecule has 0 unspecified atom stereocenters. The van der Waals surface area contributed by atoms with Gasteiger partial charge in [0.05, 0.1) is 0 Å². The van der Waals surface area contributed by atoms with Crippen LogP contribution in [0.2, 0.25) is 0 Å². The number of amides is 1. The summed E-state index contributed by atoms with van der Waals surface area (Å²) in [6.45, 7) is 1.74. The summed E-state index contributed by atoms with van der Waals surface area (Å²) in [7, 11) is 0. The highest BCUT2D eigenvalue weighted by Crippen LogP contribution is 2.12. The van der Waals surface area contributed by atoms with Crippen molar-refractivity contribution in [1.82, 2.24) is 5.32 Å². The van der Waals surface area contributed by atoms with Gasteiger partial charge in [0, 0.05) is 12.1 Å². The van der Waals surface area contributed by atoms with Crippen LogP contribution >= 0.6 is 0 Å². The van der Waals surface area contributed by atoms with Gasteiger partial charge in [-0.05, 0) is 12.5 Å². The van der Waals surface area contributed by atoms with E-state index in [1.807, 2.05) is 30.3 Å². The standard InChI is InChI=1S/C10H14N2O2/c1-7(12-10(13)14)9(11)8-5-3-2-4-6-8/h2-7,9,12H,11H2,1H3,(H,13,14)/t7-,9+/m0/s1. The summed E-state index contributed by atoms with van der Waals surface area (Å²) in [4.78, 5) is 10.4. The fourth-order valence-corrected chi connectivity index (χ4v) is 1.25. The summed E-state index contributed by atoms with van der Waals surface area (Å²) in [5.74, 6) is 0. The molecule has 2 atom stereocenters. The van der Waals surface area contributed by atoms with Crippen molar-refractivity contribution in [1.29, 1.82) is 0 Å². The van der Waals surface area contributed by atoms with Gasteiger partial charge < -0.3 is 16.2 Å². The third-order valence-electron chi connectivity index (χ3n) is 2.07. The number of hydrogen-bond donors (Lipinski definition) is 3. The highest BCUT2D eigenvalue weighted by atomic mass is 16.4. The van der Waals surface area contributed by atoms with Crippen LogP contribution in [0.15, 0.2) is 30.3 Å². The minimum Gasteiger partial charge on any atom is -0.465 e. The molecule has 0 bridgehead atoms. The van der Waals surface area contributed by atoms with Gasteiger partial charge in [-0.15, -0.1) is 0 Å². The second-order valence-electron chi connectivity index (χ2n) is 3.17. The molecule has 1 rings (SSSR count). The lowest BCUT2D eigenvalue weighted by molar-refractivity contribution is 0.189. The molecule has 1 aromatic carbocycles. The molecule has 1 amide bonds. The molecule has 14 heavy (non-hydrogen) atoms. The van der Waals surface area contributed by atoms with Crippen LogP contribution in [0.25, 0.3) is 0 Å². The smallest absolute Gasteiger partial charge is 0.404 e. The molecule has 4 N–H and O–H groups in total. The normalized spacial score (nSPS) is 14.4. The van der Waals surface area contributed by atoms with Crippen LogP contribution < -0.4 is 11.1 Å². The average molecular weight is 194 g/mol. The molecule has 4 nitrogen and oxygen atoms in total. The van der Waals surface area contributed by atoms with Crippen LogP contribution in [-0.2, 0) is 0 Å². The molecule has 0 aliphatic carbocycles. The maximum absolute atomic E-state index is 10.4. The van der Waals surface area contributed by atoms with Crippen molar-refractivity contribution in [3.05, 3.63) is 35.9 Å². The highest BCUT2D eigenvalue weighted by Gasteiger charge is 2.15. The Morgan fingerprint density at radius 2 is 2.00 bits per heavy atom. The monoisotopic (exact) mass is 194 g/mol. The Kier molecular flexibility index (Phi) is 3.48. The summed E-state index contributed by atoms with van der Waals surface area (Å²) in [5, 5.41) is 10.8. The van der Waals surface area contributed by atoms with Gasteiger partial charge in [0.25, 0.3) is 0 Å². The second kappa shape index (κ2) is 4.62. The average Bonchev–Trinajstić information content (AvgIpc) is 2.17. The van der Waals surface area contributed by atoms with Gasteiger partial charge in [0.1, 0.15) is 0 Å². The second-order valence-corrected chi connectivity index (χ2v) is 3.17. The quantitative estimate of drug-likeness (QED) is 0.679. The summed E-state index contributed by atoms with van der Waals surface area (Å²) in [5.41, 5.74) is 6.79. The Morgan fingerprint density at radius 3 is 2.50 bits per heavy atom. The summed E-state index contributed by atoms with van der Waals surface area (Å²) in [6.07, 6.45) is -1.05. The molecule has 0 aromatic heterocycles. The van der Waals surface area contributed by atoms with Crippen molar-refractivity contribution in [2.75, 3.05) is 0 Å². The zero-order valence-electron chi connectivity index (χ0n) is 7.97. The number of carboxylic acid groups (broad SMARTS) is 1. The Morgan fingerprint density at radius 1 is 1.43 bits per heavy atom. The van der Waals surface area contributed by atoms with Gasteiger partial charge in [-0.2, -0.15) is 0 Å². The summed E-state index contributed by atoms with van der Waals surface area (Å²) < 4.78 is 0. The van der Waals surface area contributed by atoms with E-state index in [0.29, 0.717) is 0 Å². The van der Waals surface area contributed by atoms with Crippen LogP contribution in [0.4, 0.5) is 4.79 Å². The first-order valence-corrected chi connectivity index (χ1v) is 4.41. The van der Waals surface area contributed by atoms with Crippen molar-refractivity contribution in [2.24, 2.45) is 5.73 Å². The Hall–Kier alpha value is -1.55. The van der Waals surface area contributed by atoms with Crippen molar-refractivity contribution in [3.8, 4) is 0 Å². The molecular weight excluding hydrogens is 180 g/mol. The zero-order chi connectivity index (χ0) is 10.6. The molecule has 0 radical (unpaired) electrons. The van der Waals surface area contributed by atoms with E-state index in [1.54, 1.807) is 6.92 Å². The lowest BCUT2D eigenvalue weighted by atomic mass is 10.0. The number of hydrogen-bond acceptors (Lipinski definition) is 2. The third-order valence-corrected chi connectivity index (χ3v) is 2.07. The number of rotatable bonds is 3. The molecule has 0 saturated carbocycles. The van der Waals surface area contributed by atoms with Crippen molar-refractivity contribution in [2.45, 2.75) is 19.0 Å². The highest BCUT2D eigenvalue weighted by molar-refractivity contribution is 5.64. The van der Waals surface area contributed by atoms with Crippen molar-refractivity contribution < 1.29 is 9.90 Å². The predicted octanol–water partition coefficient (Wildman–Crippen LogP) is 1.34. The fraction of sp³-hybridized carbons (Fsp3) is 0.300. The molecule has 0 spiro atoms. The minimum absolute atomic E-state index is 0.296. The van der Waals surface area contributed by atoms with E-state index in [-0.39, 0.29) is 12.1 Å². The third kappa shape index (κ3) is 2.74. The lowest BCUT2D eigenvalue weighted by Gasteiger charge is -2.19. The summed E-state index contributed by atoms with van der Waals surface area (Å²) >= 11 is 0. The van der Waals surface area contributed by atoms with E-state index in [2.05, 4.69) is 5.32 Å². The molecule has 1 aromatic rings. The first-order chi connectivity index (χ1) is 6.61. The molecule has 76 valence electrons. The van der Waals surface area contributed by atoms with Crippen LogP contribution in [0.5, 0.6) is 0 Å². The van der Waals surface area contributed by atoms with Gasteiger partial charge in [0.2, 0.25) is 0 Å². The largest absolute Gasteiger partial charge is 0.465 e. The Balaban J connectivity index is 2.65. The Bertz CT molecular complexity index is 300. The predicted molar refractivity (Wildman–Crippen MR) is 54.0 cm³/mol. The topological polar surface area (TPSA) is 75.3 Å². The molecule has 0 saturated heterocycles. The van der Waals surface area contributed by atoms with Gasteiger partial charge >= 0.3 is 6.09 Å². The Labute approximate surface area is 82.7 Å². The van der Waals surface area contributed by atoms with E-state index in [0.717, 1.165) is 5.56 Å². The van der Waals surface area contributed by atoms with E-state index >= 15 is 0 Å². The molecule has 0 aliphatic rings.